The highest BCUT2D eigenvalue weighted by Gasteiger charge is 2.30. The summed E-state index contributed by atoms with van der Waals surface area (Å²) in [5.74, 6) is -0.141. The number of carbonyl (C=O) groups excluding carboxylic acids is 1. The molecule has 4 rings (SSSR count). The Morgan fingerprint density at radius 2 is 2.00 bits per heavy atom. The minimum absolute atomic E-state index is 0.0714. The third-order valence-electron chi connectivity index (χ3n) is 4.71. The Kier molecular flexibility index (Phi) is 4.49. The highest BCUT2D eigenvalue weighted by Crippen LogP contribution is 2.31. The first kappa shape index (κ1) is 16.8. The summed E-state index contributed by atoms with van der Waals surface area (Å²) in [5, 5.41) is 9.26. The first-order valence-electron chi connectivity index (χ1n) is 8.56. The van der Waals surface area contributed by atoms with Crippen LogP contribution in [0.1, 0.15) is 29.8 Å². The molecule has 3 aromatic rings. The lowest BCUT2D eigenvalue weighted by Gasteiger charge is -2.27. The van der Waals surface area contributed by atoms with E-state index in [4.69, 9.17) is 11.6 Å². The Hall–Kier alpha value is -2.63. The number of benzene rings is 2. The van der Waals surface area contributed by atoms with Crippen LogP contribution in [0, 0.1) is 0 Å². The fourth-order valence-corrected chi connectivity index (χ4v) is 3.55. The monoisotopic (exact) mass is 366 g/mol. The topological polar surface area (TPSA) is 69.3 Å². The van der Waals surface area contributed by atoms with Crippen molar-refractivity contribution in [3.63, 3.8) is 0 Å². The average Bonchev–Trinajstić information content (AvgIpc) is 3.03. The predicted molar refractivity (Wildman–Crippen MR) is 105 cm³/mol. The molecule has 5 nitrogen and oxygen atoms in total. The molecule has 0 aliphatic carbocycles. The molecular formula is C20H19ClN4O. The van der Waals surface area contributed by atoms with Crippen LogP contribution in [0.25, 0.3) is 10.9 Å². The summed E-state index contributed by atoms with van der Waals surface area (Å²) >= 11 is 5.86. The number of amides is 1. The molecule has 0 saturated carbocycles. The van der Waals surface area contributed by atoms with Crippen LogP contribution < -0.4 is 10.7 Å². The van der Waals surface area contributed by atoms with E-state index in [-0.39, 0.29) is 18.0 Å². The molecule has 3 N–H and O–H groups in total. The summed E-state index contributed by atoms with van der Waals surface area (Å²) in [6, 6.07) is 15.2. The maximum absolute atomic E-state index is 12.5. The van der Waals surface area contributed by atoms with Crippen LogP contribution in [0.4, 0.5) is 0 Å². The molecule has 1 amide bonds. The van der Waals surface area contributed by atoms with Crippen LogP contribution in [-0.2, 0) is 11.2 Å². The third kappa shape index (κ3) is 3.23. The first-order chi connectivity index (χ1) is 12.6. The molecule has 0 spiro atoms. The van der Waals surface area contributed by atoms with Gasteiger partial charge in [0.1, 0.15) is 0 Å². The molecule has 2 heterocycles. The normalized spacial score (nSPS) is 19.6. The van der Waals surface area contributed by atoms with Crippen LogP contribution in [0.15, 0.2) is 53.6 Å². The van der Waals surface area contributed by atoms with Gasteiger partial charge in [-0.2, -0.15) is 5.10 Å². The van der Waals surface area contributed by atoms with Crippen molar-refractivity contribution in [2.24, 2.45) is 5.10 Å². The van der Waals surface area contributed by atoms with Gasteiger partial charge >= 0.3 is 0 Å². The van der Waals surface area contributed by atoms with Crippen molar-refractivity contribution < 1.29 is 4.79 Å². The minimum Gasteiger partial charge on any atom is -0.357 e. The van der Waals surface area contributed by atoms with E-state index in [9.17, 15) is 4.79 Å². The van der Waals surface area contributed by atoms with E-state index in [1.54, 1.807) is 18.3 Å². The van der Waals surface area contributed by atoms with Gasteiger partial charge in [0.25, 0.3) is 5.91 Å². The molecule has 1 aliphatic heterocycles. The summed E-state index contributed by atoms with van der Waals surface area (Å²) in [5.41, 5.74) is 6.97. The lowest BCUT2D eigenvalue weighted by molar-refractivity contribution is -0.123. The zero-order valence-corrected chi connectivity index (χ0v) is 15.0. The van der Waals surface area contributed by atoms with E-state index in [0.717, 1.165) is 16.8 Å². The molecule has 26 heavy (non-hydrogen) atoms. The number of hydrazone groups is 1. The van der Waals surface area contributed by atoms with Gasteiger partial charge in [0.05, 0.1) is 12.3 Å². The van der Waals surface area contributed by atoms with Crippen molar-refractivity contribution in [1.82, 2.24) is 15.7 Å². The highest BCUT2D eigenvalue weighted by atomic mass is 35.5. The molecule has 0 bridgehead atoms. The molecule has 0 radical (unpaired) electrons. The second-order valence-corrected chi connectivity index (χ2v) is 6.93. The summed E-state index contributed by atoms with van der Waals surface area (Å²) in [4.78, 5) is 16.0. The number of H-pyrrole nitrogens is 1. The van der Waals surface area contributed by atoms with Crippen molar-refractivity contribution in [2.45, 2.75) is 25.4 Å². The van der Waals surface area contributed by atoms with Gasteiger partial charge in [0, 0.05) is 27.7 Å². The van der Waals surface area contributed by atoms with Gasteiger partial charge in [0.15, 0.2) is 0 Å². The first-order valence-corrected chi connectivity index (χ1v) is 8.93. The van der Waals surface area contributed by atoms with E-state index in [1.807, 2.05) is 24.3 Å². The summed E-state index contributed by atoms with van der Waals surface area (Å²) in [6.45, 7) is 2.06. The van der Waals surface area contributed by atoms with Crippen LogP contribution in [0.2, 0.25) is 5.02 Å². The molecule has 2 unspecified atom stereocenters. The zero-order chi connectivity index (χ0) is 18.1. The number of nitrogens with one attached hydrogen (secondary N) is 3. The molecule has 6 heteroatoms. The highest BCUT2D eigenvalue weighted by molar-refractivity contribution is 6.30. The Bertz CT molecular complexity index is 977. The van der Waals surface area contributed by atoms with E-state index < -0.39 is 0 Å². The summed E-state index contributed by atoms with van der Waals surface area (Å²) in [7, 11) is 0. The lowest BCUT2D eigenvalue weighted by Crippen LogP contribution is -2.47. The third-order valence-corrected chi connectivity index (χ3v) is 4.97. The van der Waals surface area contributed by atoms with Gasteiger partial charge in [-0.05, 0) is 42.7 Å². The number of nitrogens with zero attached hydrogens (tertiary/aromatic N) is 1. The van der Waals surface area contributed by atoms with Crippen LogP contribution >= 0.6 is 11.6 Å². The second-order valence-electron chi connectivity index (χ2n) is 6.49. The number of carbonyl (C=O) groups is 1. The van der Waals surface area contributed by atoms with Gasteiger partial charge in [-0.1, -0.05) is 41.9 Å². The number of hydrogen-bond donors (Lipinski definition) is 3. The van der Waals surface area contributed by atoms with Crippen molar-refractivity contribution in [2.75, 3.05) is 0 Å². The predicted octanol–water partition coefficient (Wildman–Crippen LogP) is 3.55. The van der Waals surface area contributed by atoms with Crippen molar-refractivity contribution in [1.29, 1.82) is 0 Å². The number of hydrogen-bond acceptors (Lipinski definition) is 3. The fraction of sp³-hybridized carbons (Fsp3) is 0.200. The lowest BCUT2D eigenvalue weighted by atomic mass is 9.94. The summed E-state index contributed by atoms with van der Waals surface area (Å²) < 4.78 is 0. The number of aromatic nitrogens is 1. The number of fused-ring (bicyclic) bond motifs is 3. The average molecular weight is 367 g/mol. The Labute approximate surface area is 156 Å². The van der Waals surface area contributed by atoms with Gasteiger partial charge in [-0.25, -0.2) is 5.43 Å². The molecule has 0 saturated heterocycles. The molecule has 1 aromatic heterocycles. The molecule has 0 fully saturated rings. The van der Waals surface area contributed by atoms with Gasteiger partial charge in [-0.15, -0.1) is 0 Å². The van der Waals surface area contributed by atoms with E-state index in [2.05, 4.69) is 39.9 Å². The molecule has 2 atom stereocenters. The van der Waals surface area contributed by atoms with Gasteiger partial charge in [-0.3, -0.25) is 10.1 Å². The van der Waals surface area contributed by atoms with Crippen molar-refractivity contribution in [3.8, 4) is 0 Å². The Balaban J connectivity index is 1.48. The van der Waals surface area contributed by atoms with Gasteiger partial charge < -0.3 is 4.98 Å². The summed E-state index contributed by atoms with van der Waals surface area (Å²) in [6.07, 6.45) is 2.24. The largest absolute Gasteiger partial charge is 0.357 e. The van der Waals surface area contributed by atoms with Gasteiger partial charge in [0.2, 0.25) is 0 Å². The number of aromatic amines is 1. The molecular weight excluding hydrogens is 348 g/mol. The van der Waals surface area contributed by atoms with E-state index in [1.165, 1.54) is 10.9 Å². The van der Waals surface area contributed by atoms with Crippen LogP contribution in [0.3, 0.4) is 0 Å². The Morgan fingerprint density at radius 3 is 2.81 bits per heavy atom. The van der Waals surface area contributed by atoms with Crippen molar-refractivity contribution in [3.05, 3.63) is 70.4 Å². The maximum atomic E-state index is 12.5. The van der Waals surface area contributed by atoms with Crippen LogP contribution in [-0.4, -0.2) is 23.1 Å². The minimum atomic E-state index is -0.320. The number of halogens is 1. The van der Waals surface area contributed by atoms with Crippen molar-refractivity contribution >= 4 is 34.6 Å². The van der Waals surface area contributed by atoms with E-state index in [0.29, 0.717) is 11.4 Å². The smallest absolute Gasteiger partial charge is 0.257 e. The number of para-hydroxylation sites is 1. The fourth-order valence-electron chi connectivity index (χ4n) is 3.42. The molecule has 1 aliphatic rings. The van der Waals surface area contributed by atoms with Crippen LogP contribution in [0.5, 0.6) is 0 Å². The molecule has 2 aromatic carbocycles. The number of rotatable bonds is 3. The maximum Gasteiger partial charge on any atom is 0.257 e. The SMILES string of the molecule is CC1NC(C(=O)N/N=C/c2ccc(Cl)cc2)Cc2c1[nH]c1ccccc21. The second kappa shape index (κ2) is 6.94. The Morgan fingerprint density at radius 1 is 1.23 bits per heavy atom. The molecule has 132 valence electrons. The standard InChI is InChI=1S/C20H19ClN4O/c1-12-19-16(15-4-2-3-5-17(15)24-19)10-18(23-12)20(26)25-22-11-13-6-8-14(21)9-7-13/h2-9,11-12,18,23-24H,10H2,1H3,(H,25,26)/b22-11+. The van der Waals surface area contributed by atoms with E-state index >= 15 is 0 Å². The zero-order valence-electron chi connectivity index (χ0n) is 14.3. The quantitative estimate of drug-likeness (QED) is 0.490.